The molecule has 0 bridgehead atoms. The summed E-state index contributed by atoms with van der Waals surface area (Å²) >= 11 is 0. The van der Waals surface area contributed by atoms with Crippen LogP contribution < -0.4 is 10.8 Å². The van der Waals surface area contributed by atoms with E-state index in [0.29, 0.717) is 5.92 Å². The molecule has 0 radical (unpaired) electrons. The zero-order chi connectivity index (χ0) is 17.0. The Hall–Kier alpha value is -1.33. The molecule has 3 rings (SSSR count). The summed E-state index contributed by atoms with van der Waals surface area (Å²) in [7, 11) is -0.406. The molecule has 5 heteroatoms. The third-order valence-electron chi connectivity index (χ3n) is 5.49. The quantitative estimate of drug-likeness (QED) is 0.873. The average molecular weight is 315 g/mol. The van der Waals surface area contributed by atoms with Crippen LogP contribution in [0.2, 0.25) is 0 Å². The summed E-state index contributed by atoms with van der Waals surface area (Å²) in [5.74, 6) is 0.781. The molecular weight excluding hydrogens is 289 g/mol. The van der Waals surface area contributed by atoms with Gasteiger partial charge in [-0.3, -0.25) is 4.79 Å². The molecule has 1 N–H and O–H groups in total. The van der Waals surface area contributed by atoms with Crippen LogP contribution in [-0.4, -0.2) is 24.2 Å². The fourth-order valence-electron chi connectivity index (χ4n) is 2.81. The van der Waals surface area contributed by atoms with Crippen LogP contribution in [0.1, 0.15) is 46.6 Å². The predicted molar refractivity (Wildman–Crippen MR) is 92.8 cm³/mol. The van der Waals surface area contributed by atoms with Gasteiger partial charge in [0.15, 0.2) is 0 Å². The van der Waals surface area contributed by atoms with Crippen molar-refractivity contribution in [3.8, 4) is 0 Å². The normalized spacial score (nSPS) is 27.8. The van der Waals surface area contributed by atoms with Crippen LogP contribution in [0.4, 0.5) is 5.69 Å². The molecule has 1 aliphatic heterocycles. The molecule has 2 aliphatic rings. The van der Waals surface area contributed by atoms with E-state index in [4.69, 9.17) is 9.31 Å². The first-order valence-electron chi connectivity index (χ1n) is 8.38. The van der Waals surface area contributed by atoms with Crippen molar-refractivity contribution >= 4 is 24.2 Å². The maximum Gasteiger partial charge on any atom is 0.494 e. The monoisotopic (exact) mass is 315 g/mol. The Morgan fingerprint density at radius 2 is 1.78 bits per heavy atom. The molecule has 124 valence electrons. The van der Waals surface area contributed by atoms with Gasteiger partial charge in [-0.2, -0.15) is 0 Å². The molecule has 4 nitrogen and oxygen atoms in total. The minimum Gasteiger partial charge on any atom is -0.399 e. The summed E-state index contributed by atoms with van der Waals surface area (Å²) < 4.78 is 12.2. The molecule has 1 saturated heterocycles. The van der Waals surface area contributed by atoms with Gasteiger partial charge in [-0.05, 0) is 64.1 Å². The molecule has 1 heterocycles. The minimum absolute atomic E-state index is 0.117. The number of amides is 1. The first kappa shape index (κ1) is 16.5. The van der Waals surface area contributed by atoms with Crippen LogP contribution in [0, 0.1) is 18.8 Å². The molecule has 1 saturated carbocycles. The summed E-state index contributed by atoms with van der Waals surface area (Å²) in [5, 5.41) is 3.06. The molecule has 2 fully saturated rings. The highest BCUT2D eigenvalue weighted by atomic mass is 16.7. The highest BCUT2D eigenvalue weighted by Gasteiger charge is 2.51. The van der Waals surface area contributed by atoms with Crippen molar-refractivity contribution < 1.29 is 14.1 Å². The number of benzene rings is 1. The number of carbonyl (C=O) groups is 1. The van der Waals surface area contributed by atoms with Crippen molar-refractivity contribution in [2.24, 2.45) is 11.8 Å². The van der Waals surface area contributed by atoms with E-state index in [0.717, 1.165) is 23.1 Å². The van der Waals surface area contributed by atoms with E-state index in [-0.39, 0.29) is 23.0 Å². The minimum atomic E-state index is -0.406. The summed E-state index contributed by atoms with van der Waals surface area (Å²) in [6.07, 6.45) is 0.988. The van der Waals surface area contributed by atoms with Gasteiger partial charge in [0, 0.05) is 11.6 Å². The lowest BCUT2D eigenvalue weighted by molar-refractivity contribution is -0.117. The van der Waals surface area contributed by atoms with Gasteiger partial charge >= 0.3 is 7.12 Å². The lowest BCUT2D eigenvalue weighted by Crippen LogP contribution is -2.41. The molecule has 23 heavy (non-hydrogen) atoms. The Morgan fingerprint density at radius 3 is 2.30 bits per heavy atom. The predicted octanol–water partition coefficient (Wildman–Crippen LogP) is 2.89. The fraction of sp³-hybridized carbons (Fsp3) is 0.611. The number of hydrogen-bond acceptors (Lipinski definition) is 3. The van der Waals surface area contributed by atoms with Crippen molar-refractivity contribution in [2.75, 3.05) is 5.32 Å². The van der Waals surface area contributed by atoms with Crippen LogP contribution in [0.25, 0.3) is 0 Å². The zero-order valence-electron chi connectivity index (χ0n) is 14.9. The molecule has 2 unspecified atom stereocenters. The van der Waals surface area contributed by atoms with E-state index >= 15 is 0 Å². The number of carbonyl (C=O) groups excluding carboxylic acids is 1. The molecule has 0 aromatic heterocycles. The van der Waals surface area contributed by atoms with Gasteiger partial charge in [0.05, 0.1) is 11.2 Å². The molecule has 1 aromatic rings. The molecule has 1 aromatic carbocycles. The van der Waals surface area contributed by atoms with Gasteiger partial charge in [-0.1, -0.05) is 19.1 Å². The third-order valence-corrected chi connectivity index (χ3v) is 5.49. The van der Waals surface area contributed by atoms with Gasteiger partial charge in [-0.15, -0.1) is 0 Å². The van der Waals surface area contributed by atoms with Gasteiger partial charge < -0.3 is 14.6 Å². The molecule has 1 aliphatic carbocycles. The summed E-state index contributed by atoms with van der Waals surface area (Å²) in [5.41, 5.74) is 2.10. The van der Waals surface area contributed by atoms with Crippen molar-refractivity contribution in [3.63, 3.8) is 0 Å². The first-order valence-corrected chi connectivity index (χ1v) is 8.38. The van der Waals surface area contributed by atoms with Crippen molar-refractivity contribution in [1.82, 2.24) is 0 Å². The van der Waals surface area contributed by atoms with E-state index < -0.39 is 7.12 Å². The lowest BCUT2D eigenvalue weighted by atomic mass is 9.78. The standard InChI is InChI=1S/C18H26BNO3/c1-11-7-8-13(19-22-17(3,4)18(5,6)23-19)10-15(11)20-16(21)14-9-12(14)2/h7-8,10,12,14H,9H2,1-6H3,(H,20,21). The molecule has 1 amide bonds. The van der Waals surface area contributed by atoms with Crippen LogP contribution in [0.15, 0.2) is 18.2 Å². The fourth-order valence-corrected chi connectivity index (χ4v) is 2.81. The van der Waals surface area contributed by atoms with Crippen LogP contribution >= 0.6 is 0 Å². The smallest absolute Gasteiger partial charge is 0.399 e. The topological polar surface area (TPSA) is 47.6 Å². The van der Waals surface area contributed by atoms with Gasteiger partial charge in [0.2, 0.25) is 5.91 Å². The number of hydrogen-bond donors (Lipinski definition) is 1. The van der Waals surface area contributed by atoms with Crippen molar-refractivity contribution in [2.45, 2.75) is 59.2 Å². The number of nitrogens with one attached hydrogen (secondary N) is 1. The summed E-state index contributed by atoms with van der Waals surface area (Å²) in [6, 6.07) is 5.99. The molecular formula is C18H26BNO3. The van der Waals surface area contributed by atoms with Crippen LogP contribution in [-0.2, 0) is 14.1 Å². The Kier molecular flexibility index (Phi) is 3.85. The van der Waals surface area contributed by atoms with Crippen LogP contribution in [0.3, 0.4) is 0 Å². The Morgan fingerprint density at radius 1 is 1.22 bits per heavy atom. The zero-order valence-corrected chi connectivity index (χ0v) is 14.9. The number of aryl methyl sites for hydroxylation is 1. The van der Waals surface area contributed by atoms with E-state index in [1.807, 2.05) is 52.8 Å². The maximum absolute atomic E-state index is 12.2. The van der Waals surface area contributed by atoms with E-state index in [1.54, 1.807) is 0 Å². The SMILES string of the molecule is Cc1ccc(B2OC(C)(C)C(C)(C)O2)cc1NC(=O)C1CC1C. The lowest BCUT2D eigenvalue weighted by Gasteiger charge is -2.32. The van der Waals surface area contributed by atoms with Gasteiger partial charge in [0.1, 0.15) is 0 Å². The van der Waals surface area contributed by atoms with Gasteiger partial charge in [-0.25, -0.2) is 0 Å². The Balaban J connectivity index is 1.80. The van der Waals surface area contributed by atoms with Crippen molar-refractivity contribution in [3.05, 3.63) is 23.8 Å². The van der Waals surface area contributed by atoms with E-state index in [9.17, 15) is 4.79 Å². The average Bonchev–Trinajstić information content (AvgIpc) is 3.11. The molecule has 0 spiro atoms. The Labute approximate surface area is 139 Å². The van der Waals surface area contributed by atoms with E-state index in [2.05, 4.69) is 12.2 Å². The third kappa shape index (κ3) is 3.04. The second-order valence-electron chi connectivity index (χ2n) is 7.97. The first-order chi connectivity index (χ1) is 10.6. The van der Waals surface area contributed by atoms with Crippen molar-refractivity contribution in [1.29, 1.82) is 0 Å². The summed E-state index contributed by atoms with van der Waals surface area (Å²) in [6.45, 7) is 12.3. The highest BCUT2D eigenvalue weighted by Crippen LogP contribution is 2.39. The maximum atomic E-state index is 12.2. The van der Waals surface area contributed by atoms with Gasteiger partial charge in [0.25, 0.3) is 0 Å². The largest absolute Gasteiger partial charge is 0.494 e. The second kappa shape index (κ2) is 5.35. The molecule has 2 atom stereocenters. The second-order valence-corrected chi connectivity index (χ2v) is 7.97. The number of anilines is 1. The number of rotatable bonds is 3. The van der Waals surface area contributed by atoms with Crippen LogP contribution in [0.5, 0.6) is 0 Å². The Bertz CT molecular complexity index is 625. The highest BCUT2D eigenvalue weighted by molar-refractivity contribution is 6.62. The van der Waals surface area contributed by atoms with E-state index in [1.165, 1.54) is 0 Å². The summed E-state index contributed by atoms with van der Waals surface area (Å²) in [4.78, 5) is 12.2.